The molecule has 0 saturated carbocycles. The van der Waals surface area contributed by atoms with Crippen LogP contribution in [-0.4, -0.2) is 117 Å². The van der Waals surface area contributed by atoms with Crippen molar-refractivity contribution >= 4 is 70.2 Å². The fraction of sp³-hybridized carbons (Fsp3) is 0.143. The molecule has 5 heterocycles. The monoisotopic (exact) mass is 966 g/mol. The molecular weight excluding hydrogens is 921 g/mol. The molecule has 0 saturated heterocycles. The zero-order valence-corrected chi connectivity index (χ0v) is 38.5. The highest BCUT2D eigenvalue weighted by Crippen LogP contribution is 2.39. The molecule has 16 heteroatoms. The van der Waals surface area contributed by atoms with Gasteiger partial charge in [0.1, 0.15) is 26.4 Å². The van der Waals surface area contributed by atoms with Crippen molar-refractivity contribution in [3.05, 3.63) is 166 Å². The lowest BCUT2D eigenvalue weighted by atomic mass is 10.0. The van der Waals surface area contributed by atoms with Crippen LogP contribution in [-0.2, 0) is 18.9 Å². The highest BCUT2D eigenvalue weighted by molar-refractivity contribution is 6.01. The number of hydrogen-bond donors (Lipinski definition) is 6. The molecule has 362 valence electrons. The second kappa shape index (κ2) is 21.9. The lowest BCUT2D eigenvalue weighted by Crippen LogP contribution is -2.08. The number of esters is 4. The number of aromatic amines is 2. The number of aliphatic hydroxyl groups is 4. The van der Waals surface area contributed by atoms with E-state index in [1.807, 2.05) is 48.6 Å². The molecular formula is C56H46N4O12. The Morgan fingerprint density at radius 1 is 0.333 bits per heavy atom. The average Bonchev–Trinajstić information content (AvgIpc) is 4.28. The zero-order chi connectivity index (χ0) is 50.1. The van der Waals surface area contributed by atoms with Crippen LogP contribution in [0.5, 0.6) is 0 Å². The van der Waals surface area contributed by atoms with E-state index in [0.29, 0.717) is 89.4 Å². The molecule has 3 aromatic heterocycles. The van der Waals surface area contributed by atoms with Gasteiger partial charge in [-0.05, 0) is 119 Å². The van der Waals surface area contributed by atoms with E-state index in [0.717, 1.165) is 0 Å². The maximum Gasteiger partial charge on any atom is 0.338 e. The topological polar surface area (TPSA) is 243 Å². The summed E-state index contributed by atoms with van der Waals surface area (Å²) in [6.45, 7) is -1.83. The minimum Gasteiger partial charge on any atom is -0.460 e. The van der Waals surface area contributed by atoms with Gasteiger partial charge in [0.05, 0.1) is 71.5 Å². The molecule has 0 fully saturated rings. The van der Waals surface area contributed by atoms with Crippen molar-refractivity contribution < 1.29 is 58.6 Å². The van der Waals surface area contributed by atoms with E-state index in [1.54, 1.807) is 97.1 Å². The van der Waals surface area contributed by atoms with Crippen LogP contribution in [0.1, 0.15) is 64.2 Å². The van der Waals surface area contributed by atoms with Crippen LogP contribution >= 0.6 is 0 Å². The lowest BCUT2D eigenvalue weighted by molar-refractivity contribution is 0.0427. The first kappa shape index (κ1) is 48.2. The third-order valence-corrected chi connectivity index (χ3v) is 11.7. The van der Waals surface area contributed by atoms with Crippen molar-refractivity contribution in [1.29, 1.82) is 0 Å². The highest BCUT2D eigenvalue weighted by atomic mass is 16.6. The molecule has 0 aliphatic carbocycles. The minimum atomic E-state index is -0.587. The Morgan fingerprint density at radius 2 is 0.542 bits per heavy atom. The minimum absolute atomic E-state index is 0.145. The lowest BCUT2D eigenvalue weighted by Gasteiger charge is -2.09. The Balaban J connectivity index is 1.34. The highest BCUT2D eigenvalue weighted by Gasteiger charge is 2.21. The van der Waals surface area contributed by atoms with E-state index in [1.165, 1.54) is 0 Å². The predicted octanol–water partition coefficient (Wildman–Crippen LogP) is 7.92. The number of hydrogen-bond acceptors (Lipinski definition) is 14. The van der Waals surface area contributed by atoms with Crippen LogP contribution in [0, 0.1) is 0 Å². The first-order valence-electron chi connectivity index (χ1n) is 22.9. The quantitative estimate of drug-likeness (QED) is 0.0398. The summed E-state index contributed by atoms with van der Waals surface area (Å²) in [4.78, 5) is 69.1. The van der Waals surface area contributed by atoms with Gasteiger partial charge in [0.15, 0.2) is 0 Å². The van der Waals surface area contributed by atoms with E-state index >= 15 is 0 Å². The summed E-state index contributed by atoms with van der Waals surface area (Å²) >= 11 is 0. The molecule has 0 unspecified atom stereocenters. The first-order valence-corrected chi connectivity index (χ1v) is 22.9. The Kier molecular flexibility index (Phi) is 14.7. The molecule has 7 aromatic rings. The summed E-state index contributed by atoms with van der Waals surface area (Å²) in [5.74, 6) is -2.35. The van der Waals surface area contributed by atoms with Crippen molar-refractivity contribution in [3.8, 4) is 44.5 Å². The van der Waals surface area contributed by atoms with Crippen LogP contribution in [0.4, 0.5) is 0 Å². The summed E-state index contributed by atoms with van der Waals surface area (Å²) in [6, 6.07) is 35.2. The fourth-order valence-corrected chi connectivity index (χ4v) is 8.40. The second-order valence-corrected chi connectivity index (χ2v) is 16.3. The van der Waals surface area contributed by atoms with Gasteiger partial charge in [0.25, 0.3) is 0 Å². The van der Waals surface area contributed by atoms with Crippen molar-refractivity contribution in [3.63, 3.8) is 0 Å². The number of fused-ring (bicyclic) bond motifs is 8. The number of ether oxygens (including phenoxy) is 4. The number of H-pyrrole nitrogens is 2. The molecule has 0 spiro atoms. The summed E-state index contributed by atoms with van der Waals surface area (Å²) in [5, 5.41) is 37.0. The molecule has 8 bridgehead atoms. The van der Waals surface area contributed by atoms with Crippen molar-refractivity contribution in [2.24, 2.45) is 0 Å². The number of benzene rings is 4. The maximum absolute atomic E-state index is 12.8. The van der Waals surface area contributed by atoms with E-state index in [9.17, 15) is 39.6 Å². The summed E-state index contributed by atoms with van der Waals surface area (Å²) in [7, 11) is 0. The third kappa shape index (κ3) is 10.2. The molecule has 9 rings (SSSR count). The number of nitrogens with one attached hydrogen (secondary N) is 2. The number of nitrogens with zero attached hydrogens (tertiary/aromatic N) is 2. The zero-order valence-electron chi connectivity index (χ0n) is 38.5. The van der Waals surface area contributed by atoms with Crippen LogP contribution in [0.25, 0.3) is 90.9 Å². The van der Waals surface area contributed by atoms with Gasteiger partial charge in [-0.1, -0.05) is 48.5 Å². The molecule has 2 aliphatic heterocycles. The third-order valence-electron chi connectivity index (χ3n) is 11.7. The molecule has 0 radical (unpaired) electrons. The van der Waals surface area contributed by atoms with E-state index in [2.05, 4.69) is 9.97 Å². The standard InChI is InChI=1S/C56H46N4O12/c61-25-29-69-53(65)37-9-1-33(2-10-37)49-41-17-19-43(57-41)50(34-3-11-38(12-4-34)54(66)70-30-26-62)45-21-23-47(59-45)52(36-7-15-40(16-8-36)56(68)72-32-28-64)48-24-22-46(60-48)51(44-20-18-42(49)58-44)35-5-13-39(14-6-35)55(67)71-31-27-63/h1-24,57,60-64H,25-32H2. The number of carbonyl (C=O) groups is 4. The van der Waals surface area contributed by atoms with Crippen molar-refractivity contribution in [2.45, 2.75) is 0 Å². The van der Waals surface area contributed by atoms with Gasteiger partial charge >= 0.3 is 23.9 Å². The molecule has 4 aromatic carbocycles. The predicted molar refractivity (Wildman–Crippen MR) is 270 cm³/mol. The largest absolute Gasteiger partial charge is 0.460 e. The van der Waals surface area contributed by atoms with Crippen LogP contribution < -0.4 is 0 Å². The van der Waals surface area contributed by atoms with Gasteiger partial charge in [-0.25, -0.2) is 29.1 Å². The van der Waals surface area contributed by atoms with Crippen molar-refractivity contribution in [1.82, 2.24) is 19.9 Å². The number of aliphatic hydroxyl groups excluding tert-OH is 4. The molecule has 16 nitrogen and oxygen atoms in total. The smallest absolute Gasteiger partial charge is 0.338 e. The summed E-state index contributed by atoms with van der Waals surface area (Å²) in [6.07, 6.45) is 7.58. The first-order chi connectivity index (χ1) is 35.2. The normalized spacial score (nSPS) is 11.6. The summed E-state index contributed by atoms with van der Waals surface area (Å²) < 4.78 is 20.7. The van der Waals surface area contributed by atoms with Crippen molar-refractivity contribution in [2.75, 3.05) is 52.9 Å². The number of carbonyl (C=O) groups excluding carboxylic acids is 4. The Labute approximate surface area is 411 Å². The Hall–Kier alpha value is -8.80. The van der Waals surface area contributed by atoms with E-state index in [4.69, 9.17) is 28.9 Å². The molecule has 2 aliphatic rings. The van der Waals surface area contributed by atoms with Gasteiger partial charge in [-0.15, -0.1) is 0 Å². The number of rotatable bonds is 16. The maximum atomic E-state index is 12.8. The van der Waals surface area contributed by atoms with Crippen LogP contribution in [0.3, 0.4) is 0 Å². The van der Waals surface area contributed by atoms with Crippen LogP contribution in [0.15, 0.2) is 121 Å². The fourth-order valence-electron chi connectivity index (χ4n) is 8.40. The number of aromatic nitrogens is 4. The van der Waals surface area contributed by atoms with Gasteiger partial charge in [0.2, 0.25) is 0 Å². The van der Waals surface area contributed by atoms with Gasteiger partial charge in [-0.3, -0.25) is 0 Å². The average molecular weight is 967 g/mol. The summed E-state index contributed by atoms with van der Waals surface area (Å²) in [5.41, 5.74) is 11.6. The van der Waals surface area contributed by atoms with Crippen LogP contribution in [0.2, 0.25) is 0 Å². The Morgan fingerprint density at radius 3 is 0.736 bits per heavy atom. The molecule has 0 amide bonds. The van der Waals surface area contributed by atoms with E-state index < -0.39 is 23.9 Å². The molecule has 6 N–H and O–H groups in total. The second-order valence-electron chi connectivity index (χ2n) is 16.3. The van der Waals surface area contributed by atoms with Gasteiger partial charge in [0, 0.05) is 44.3 Å². The Bertz CT molecular complexity index is 2970. The molecule has 72 heavy (non-hydrogen) atoms. The van der Waals surface area contributed by atoms with Gasteiger partial charge in [-0.2, -0.15) is 0 Å². The van der Waals surface area contributed by atoms with E-state index in [-0.39, 0.29) is 75.1 Å². The SMILES string of the molecule is O=C(OCCO)c1ccc(-c2c3nc(c(-c4ccc(C(=O)OCCO)cc4)c4ccc([nH]4)c(-c4ccc(C(=O)OCCO)cc4)c4nc(c(-c5ccc(C(=O)OCCO)cc5)c5ccc2[nH]5)C=C4)C=C3)cc1. The molecule has 0 atom stereocenters. The van der Waals surface area contributed by atoms with Gasteiger partial charge < -0.3 is 49.3 Å².